The first kappa shape index (κ1) is 18.4. The normalized spacial score (nSPS) is 10.9. The van der Waals surface area contributed by atoms with Gasteiger partial charge >= 0.3 is 0 Å². The zero-order valence-electron chi connectivity index (χ0n) is 12.7. The molecule has 0 saturated carbocycles. The maximum atomic E-state index is 11.4. The van der Waals surface area contributed by atoms with E-state index in [1.165, 1.54) is 0 Å². The van der Waals surface area contributed by atoms with Crippen LogP contribution in [0.2, 0.25) is 0 Å². The van der Waals surface area contributed by atoms with Gasteiger partial charge in [0.2, 0.25) is 5.91 Å². The molecule has 0 aromatic heterocycles. The summed E-state index contributed by atoms with van der Waals surface area (Å²) >= 11 is 0. The summed E-state index contributed by atoms with van der Waals surface area (Å²) in [7, 11) is 1.67. The molecular formula is C14H30N2O3. The van der Waals surface area contributed by atoms with Crippen molar-refractivity contribution in [3.05, 3.63) is 0 Å². The third-order valence-corrected chi connectivity index (χ3v) is 2.65. The fraction of sp³-hybridized carbons (Fsp3) is 0.929. The van der Waals surface area contributed by atoms with Crippen molar-refractivity contribution in [2.24, 2.45) is 5.92 Å². The molecule has 0 atom stereocenters. The van der Waals surface area contributed by atoms with E-state index in [0.717, 1.165) is 39.0 Å². The van der Waals surface area contributed by atoms with Crippen molar-refractivity contribution < 1.29 is 14.3 Å². The second-order valence-corrected chi connectivity index (χ2v) is 5.02. The van der Waals surface area contributed by atoms with Crippen LogP contribution in [0.1, 0.15) is 33.1 Å². The lowest BCUT2D eigenvalue weighted by molar-refractivity contribution is -0.120. The zero-order valence-corrected chi connectivity index (χ0v) is 12.7. The summed E-state index contributed by atoms with van der Waals surface area (Å²) in [4.78, 5) is 11.4. The van der Waals surface area contributed by atoms with Gasteiger partial charge in [0.05, 0.1) is 19.8 Å². The summed E-state index contributed by atoms with van der Waals surface area (Å²) < 4.78 is 10.2. The Hall–Kier alpha value is -0.650. The van der Waals surface area contributed by atoms with E-state index in [9.17, 15) is 4.79 Å². The maximum Gasteiger partial charge on any atom is 0.233 e. The van der Waals surface area contributed by atoms with Gasteiger partial charge in [0.15, 0.2) is 0 Å². The highest BCUT2D eigenvalue weighted by molar-refractivity contribution is 5.77. The molecule has 114 valence electrons. The molecule has 0 heterocycles. The second kappa shape index (κ2) is 13.8. The van der Waals surface area contributed by atoms with Gasteiger partial charge in [-0.3, -0.25) is 4.79 Å². The molecule has 2 N–H and O–H groups in total. The SMILES string of the molecule is COCCOCCCCNCC(=O)NCCC(C)C. The van der Waals surface area contributed by atoms with Crippen molar-refractivity contribution in [2.75, 3.05) is 46.6 Å². The predicted octanol–water partition coefficient (Wildman–Crippen LogP) is 1.18. The van der Waals surface area contributed by atoms with Crippen LogP contribution < -0.4 is 10.6 Å². The van der Waals surface area contributed by atoms with Crippen LogP contribution in [-0.4, -0.2) is 52.5 Å². The van der Waals surface area contributed by atoms with Crippen molar-refractivity contribution in [1.29, 1.82) is 0 Å². The Kier molecular flexibility index (Phi) is 13.3. The van der Waals surface area contributed by atoms with Crippen LogP contribution in [-0.2, 0) is 14.3 Å². The third kappa shape index (κ3) is 15.3. The standard InChI is InChI=1S/C14H30N2O3/c1-13(2)6-8-16-14(17)12-15-7-4-5-9-19-11-10-18-3/h13,15H,4-12H2,1-3H3,(H,16,17). The molecular weight excluding hydrogens is 244 g/mol. The Balaban J connectivity index is 3.14. The monoisotopic (exact) mass is 274 g/mol. The minimum absolute atomic E-state index is 0.0806. The number of carbonyl (C=O) groups excluding carboxylic acids is 1. The second-order valence-electron chi connectivity index (χ2n) is 5.02. The van der Waals surface area contributed by atoms with E-state index >= 15 is 0 Å². The largest absolute Gasteiger partial charge is 0.382 e. The van der Waals surface area contributed by atoms with Crippen LogP contribution in [0.5, 0.6) is 0 Å². The molecule has 0 rings (SSSR count). The van der Waals surface area contributed by atoms with E-state index in [2.05, 4.69) is 24.5 Å². The summed E-state index contributed by atoms with van der Waals surface area (Å²) in [6, 6.07) is 0. The maximum absolute atomic E-state index is 11.4. The number of methoxy groups -OCH3 is 1. The first-order chi connectivity index (χ1) is 9.16. The fourth-order valence-electron chi connectivity index (χ4n) is 1.46. The molecule has 19 heavy (non-hydrogen) atoms. The molecule has 0 bridgehead atoms. The minimum atomic E-state index is 0.0806. The Bertz CT molecular complexity index is 211. The molecule has 0 aromatic rings. The molecule has 0 fully saturated rings. The average molecular weight is 274 g/mol. The Morgan fingerprint density at radius 3 is 2.58 bits per heavy atom. The molecule has 0 spiro atoms. The van der Waals surface area contributed by atoms with Crippen molar-refractivity contribution in [3.8, 4) is 0 Å². The van der Waals surface area contributed by atoms with E-state index in [1.54, 1.807) is 7.11 Å². The summed E-state index contributed by atoms with van der Waals surface area (Å²) in [6.07, 6.45) is 3.06. The number of hydrogen-bond donors (Lipinski definition) is 2. The van der Waals surface area contributed by atoms with E-state index < -0.39 is 0 Å². The highest BCUT2D eigenvalue weighted by Crippen LogP contribution is 1.95. The molecule has 0 aliphatic rings. The number of ether oxygens (including phenoxy) is 2. The van der Waals surface area contributed by atoms with Crippen LogP contribution in [0.15, 0.2) is 0 Å². The van der Waals surface area contributed by atoms with Crippen molar-refractivity contribution in [1.82, 2.24) is 10.6 Å². The van der Waals surface area contributed by atoms with Crippen LogP contribution in [0, 0.1) is 5.92 Å². The van der Waals surface area contributed by atoms with Gasteiger partial charge in [0.25, 0.3) is 0 Å². The van der Waals surface area contributed by atoms with Crippen molar-refractivity contribution in [3.63, 3.8) is 0 Å². The average Bonchev–Trinajstić information content (AvgIpc) is 2.36. The van der Waals surface area contributed by atoms with Crippen molar-refractivity contribution >= 4 is 5.91 Å². The van der Waals surface area contributed by atoms with Crippen LogP contribution in [0.25, 0.3) is 0 Å². The van der Waals surface area contributed by atoms with Crippen LogP contribution in [0.3, 0.4) is 0 Å². The number of rotatable bonds is 13. The first-order valence-corrected chi connectivity index (χ1v) is 7.21. The van der Waals surface area contributed by atoms with Crippen LogP contribution in [0.4, 0.5) is 0 Å². The fourth-order valence-corrected chi connectivity index (χ4v) is 1.46. The molecule has 5 heteroatoms. The molecule has 0 saturated heterocycles. The van der Waals surface area contributed by atoms with E-state index in [0.29, 0.717) is 25.7 Å². The van der Waals surface area contributed by atoms with Gasteiger partial charge in [0, 0.05) is 20.3 Å². The zero-order chi connectivity index (χ0) is 14.3. The molecule has 0 aromatic carbocycles. The van der Waals surface area contributed by atoms with Gasteiger partial charge in [-0.05, 0) is 31.7 Å². The molecule has 0 radical (unpaired) electrons. The third-order valence-electron chi connectivity index (χ3n) is 2.65. The lowest BCUT2D eigenvalue weighted by Crippen LogP contribution is -2.35. The highest BCUT2D eigenvalue weighted by atomic mass is 16.5. The summed E-state index contributed by atoms with van der Waals surface area (Å²) in [5.41, 5.74) is 0. The quantitative estimate of drug-likeness (QED) is 0.495. The number of carbonyl (C=O) groups is 1. The van der Waals surface area contributed by atoms with Gasteiger partial charge in [-0.1, -0.05) is 13.8 Å². The highest BCUT2D eigenvalue weighted by Gasteiger charge is 2.00. The number of unbranched alkanes of at least 4 members (excludes halogenated alkanes) is 1. The Morgan fingerprint density at radius 1 is 1.11 bits per heavy atom. The molecule has 0 aliphatic carbocycles. The Morgan fingerprint density at radius 2 is 1.89 bits per heavy atom. The lowest BCUT2D eigenvalue weighted by atomic mass is 10.1. The van der Waals surface area contributed by atoms with E-state index in [1.807, 2.05) is 0 Å². The number of nitrogens with one attached hydrogen (secondary N) is 2. The summed E-state index contributed by atoms with van der Waals surface area (Å²) in [5, 5.41) is 6.03. The first-order valence-electron chi connectivity index (χ1n) is 7.21. The van der Waals surface area contributed by atoms with Gasteiger partial charge in [-0.2, -0.15) is 0 Å². The summed E-state index contributed by atoms with van der Waals surface area (Å²) in [5.74, 6) is 0.711. The van der Waals surface area contributed by atoms with Crippen molar-refractivity contribution in [2.45, 2.75) is 33.1 Å². The number of amides is 1. The van der Waals surface area contributed by atoms with Gasteiger partial charge in [-0.25, -0.2) is 0 Å². The Labute approximate surface area is 117 Å². The molecule has 1 amide bonds. The summed E-state index contributed by atoms with van der Waals surface area (Å²) in [6.45, 7) is 8.39. The van der Waals surface area contributed by atoms with Crippen LogP contribution >= 0.6 is 0 Å². The predicted molar refractivity (Wildman–Crippen MR) is 77.3 cm³/mol. The smallest absolute Gasteiger partial charge is 0.233 e. The van der Waals surface area contributed by atoms with Gasteiger partial charge < -0.3 is 20.1 Å². The topological polar surface area (TPSA) is 59.6 Å². The molecule has 0 aliphatic heterocycles. The van der Waals surface area contributed by atoms with E-state index in [4.69, 9.17) is 9.47 Å². The molecule has 5 nitrogen and oxygen atoms in total. The van der Waals surface area contributed by atoms with E-state index in [-0.39, 0.29) is 5.91 Å². The van der Waals surface area contributed by atoms with Gasteiger partial charge in [-0.15, -0.1) is 0 Å². The minimum Gasteiger partial charge on any atom is -0.382 e. The van der Waals surface area contributed by atoms with Gasteiger partial charge in [0.1, 0.15) is 0 Å². The lowest BCUT2D eigenvalue weighted by Gasteiger charge is -2.08. The molecule has 0 unspecified atom stereocenters. The number of hydrogen-bond acceptors (Lipinski definition) is 4.